The number of hydrogen-bond donors (Lipinski definition) is 1. The molecule has 1 aromatic carbocycles. The lowest BCUT2D eigenvalue weighted by Gasteiger charge is -2.34. The number of benzene rings is 1. The molecule has 4 rings (SSSR count). The van der Waals surface area contributed by atoms with Crippen molar-refractivity contribution in [3.8, 4) is 5.75 Å². The maximum atomic E-state index is 13.1. The summed E-state index contributed by atoms with van der Waals surface area (Å²) in [7, 11) is 1.65. The van der Waals surface area contributed by atoms with Crippen molar-refractivity contribution in [2.75, 3.05) is 20.2 Å². The lowest BCUT2D eigenvalue weighted by Crippen LogP contribution is -2.52. The Balaban J connectivity index is 1.71. The summed E-state index contributed by atoms with van der Waals surface area (Å²) in [6.07, 6.45) is 3.23. The molecule has 3 heterocycles. The summed E-state index contributed by atoms with van der Waals surface area (Å²) in [5, 5.41) is 7.26. The van der Waals surface area contributed by atoms with E-state index in [1.165, 1.54) is 0 Å². The number of carbonyl (C=O) groups excluding carboxylic acids is 2. The first kappa shape index (κ1) is 18.9. The van der Waals surface area contributed by atoms with Gasteiger partial charge in [-0.05, 0) is 49.0 Å². The Hall–Kier alpha value is -2.48. The second kappa shape index (κ2) is 7.50. The molecule has 1 spiro atoms. The highest BCUT2D eigenvalue weighted by atomic mass is 32.1. The SMILES string of the molecule is COc1cccc([C@@H]2CN(C(=O)c3snnc3C)C[C@]23CCCCC(=O)N3)c1. The Morgan fingerprint density at radius 3 is 3.00 bits per heavy atom. The molecule has 0 aliphatic carbocycles. The smallest absolute Gasteiger partial charge is 0.267 e. The van der Waals surface area contributed by atoms with Crippen LogP contribution in [0.2, 0.25) is 0 Å². The van der Waals surface area contributed by atoms with Gasteiger partial charge in [-0.15, -0.1) is 5.10 Å². The lowest BCUT2D eigenvalue weighted by atomic mass is 9.79. The fourth-order valence-corrected chi connectivity index (χ4v) is 5.05. The zero-order valence-electron chi connectivity index (χ0n) is 16.1. The maximum Gasteiger partial charge on any atom is 0.267 e. The predicted octanol–water partition coefficient (Wildman–Crippen LogP) is 2.52. The molecule has 0 saturated carbocycles. The van der Waals surface area contributed by atoms with E-state index in [1.807, 2.05) is 23.1 Å². The second-order valence-electron chi connectivity index (χ2n) is 7.61. The van der Waals surface area contributed by atoms with Gasteiger partial charge in [-0.1, -0.05) is 23.0 Å². The third kappa shape index (κ3) is 3.37. The zero-order valence-corrected chi connectivity index (χ0v) is 16.9. The molecule has 148 valence electrons. The van der Waals surface area contributed by atoms with Crippen molar-refractivity contribution in [2.45, 2.75) is 44.1 Å². The highest BCUT2D eigenvalue weighted by molar-refractivity contribution is 7.07. The van der Waals surface area contributed by atoms with Gasteiger partial charge in [-0.25, -0.2) is 0 Å². The van der Waals surface area contributed by atoms with Gasteiger partial charge >= 0.3 is 0 Å². The molecule has 1 aromatic heterocycles. The minimum Gasteiger partial charge on any atom is -0.497 e. The number of amides is 2. The number of nitrogens with one attached hydrogen (secondary N) is 1. The first-order valence-electron chi connectivity index (χ1n) is 9.55. The summed E-state index contributed by atoms with van der Waals surface area (Å²) in [4.78, 5) is 28.0. The van der Waals surface area contributed by atoms with Gasteiger partial charge in [0.15, 0.2) is 0 Å². The van der Waals surface area contributed by atoms with Crippen LogP contribution in [0.15, 0.2) is 24.3 Å². The zero-order chi connectivity index (χ0) is 19.7. The van der Waals surface area contributed by atoms with Crippen LogP contribution in [0, 0.1) is 6.92 Å². The number of likely N-dealkylation sites (tertiary alicyclic amines) is 1. The van der Waals surface area contributed by atoms with E-state index in [9.17, 15) is 9.59 Å². The Morgan fingerprint density at radius 2 is 2.25 bits per heavy atom. The summed E-state index contributed by atoms with van der Waals surface area (Å²) in [5.74, 6) is 0.792. The topological polar surface area (TPSA) is 84.4 Å². The van der Waals surface area contributed by atoms with E-state index in [0.717, 1.165) is 42.1 Å². The first-order chi connectivity index (χ1) is 13.5. The van der Waals surface area contributed by atoms with E-state index in [2.05, 4.69) is 21.0 Å². The Morgan fingerprint density at radius 1 is 1.39 bits per heavy atom. The average Bonchev–Trinajstić information content (AvgIpc) is 3.23. The van der Waals surface area contributed by atoms with Crippen LogP contribution in [0.5, 0.6) is 5.75 Å². The van der Waals surface area contributed by atoms with Gasteiger partial charge in [0, 0.05) is 25.4 Å². The molecule has 2 aliphatic heterocycles. The van der Waals surface area contributed by atoms with Crippen molar-refractivity contribution in [3.05, 3.63) is 40.4 Å². The van der Waals surface area contributed by atoms with Gasteiger partial charge in [0.1, 0.15) is 10.6 Å². The van der Waals surface area contributed by atoms with Crippen LogP contribution >= 0.6 is 11.5 Å². The highest BCUT2D eigenvalue weighted by Crippen LogP contribution is 2.42. The number of rotatable bonds is 3. The minimum absolute atomic E-state index is 0.00906. The molecule has 7 nitrogen and oxygen atoms in total. The highest BCUT2D eigenvalue weighted by Gasteiger charge is 2.50. The Kier molecular flexibility index (Phi) is 5.05. The normalized spacial score (nSPS) is 24.9. The van der Waals surface area contributed by atoms with E-state index >= 15 is 0 Å². The van der Waals surface area contributed by atoms with Crippen molar-refractivity contribution in [3.63, 3.8) is 0 Å². The maximum absolute atomic E-state index is 13.1. The lowest BCUT2D eigenvalue weighted by molar-refractivity contribution is -0.122. The van der Waals surface area contributed by atoms with Crippen LogP contribution in [0.3, 0.4) is 0 Å². The van der Waals surface area contributed by atoms with Crippen LogP contribution in [-0.2, 0) is 4.79 Å². The van der Waals surface area contributed by atoms with Crippen molar-refractivity contribution in [1.82, 2.24) is 19.8 Å². The van der Waals surface area contributed by atoms with Crippen LogP contribution in [0.4, 0.5) is 0 Å². The Bertz CT molecular complexity index is 899. The predicted molar refractivity (Wildman–Crippen MR) is 106 cm³/mol. The molecule has 2 aliphatic rings. The van der Waals surface area contributed by atoms with E-state index in [4.69, 9.17) is 4.74 Å². The molecule has 2 aromatic rings. The van der Waals surface area contributed by atoms with E-state index < -0.39 is 5.54 Å². The molecule has 1 N–H and O–H groups in total. The Labute approximate surface area is 168 Å². The van der Waals surface area contributed by atoms with Crippen molar-refractivity contribution < 1.29 is 14.3 Å². The fourth-order valence-electron chi connectivity index (χ4n) is 4.43. The quantitative estimate of drug-likeness (QED) is 0.856. The van der Waals surface area contributed by atoms with Crippen molar-refractivity contribution in [1.29, 1.82) is 0 Å². The number of carbonyl (C=O) groups is 2. The van der Waals surface area contributed by atoms with E-state index in [1.54, 1.807) is 14.0 Å². The molecule has 0 unspecified atom stereocenters. The average molecular weight is 401 g/mol. The number of methoxy groups -OCH3 is 1. The van der Waals surface area contributed by atoms with Gasteiger partial charge in [0.05, 0.1) is 18.3 Å². The molecule has 2 amide bonds. The molecule has 0 radical (unpaired) electrons. The first-order valence-corrected chi connectivity index (χ1v) is 10.3. The number of nitrogens with zero attached hydrogens (tertiary/aromatic N) is 3. The van der Waals surface area contributed by atoms with Gasteiger partial charge < -0.3 is 15.0 Å². The second-order valence-corrected chi connectivity index (χ2v) is 8.37. The number of aryl methyl sites for hydroxylation is 1. The minimum atomic E-state index is -0.457. The fraction of sp³-hybridized carbons (Fsp3) is 0.500. The molecule has 28 heavy (non-hydrogen) atoms. The molecule has 2 saturated heterocycles. The molecular weight excluding hydrogens is 376 g/mol. The van der Waals surface area contributed by atoms with Crippen LogP contribution in [0.25, 0.3) is 0 Å². The van der Waals surface area contributed by atoms with Gasteiger partial charge in [0.25, 0.3) is 5.91 Å². The molecule has 0 bridgehead atoms. The number of aromatic nitrogens is 2. The van der Waals surface area contributed by atoms with Crippen molar-refractivity contribution in [2.24, 2.45) is 0 Å². The number of ether oxygens (including phenoxy) is 1. The van der Waals surface area contributed by atoms with Gasteiger partial charge in [-0.2, -0.15) is 0 Å². The summed E-state index contributed by atoms with van der Waals surface area (Å²) < 4.78 is 9.31. The van der Waals surface area contributed by atoms with E-state index in [-0.39, 0.29) is 17.7 Å². The van der Waals surface area contributed by atoms with Crippen LogP contribution in [0.1, 0.15) is 52.5 Å². The van der Waals surface area contributed by atoms with Crippen LogP contribution in [-0.4, -0.2) is 52.0 Å². The van der Waals surface area contributed by atoms with Gasteiger partial charge in [-0.3, -0.25) is 9.59 Å². The van der Waals surface area contributed by atoms with Gasteiger partial charge in [0.2, 0.25) is 5.91 Å². The summed E-state index contributed by atoms with van der Waals surface area (Å²) in [6.45, 7) is 2.84. The molecule has 8 heteroatoms. The monoisotopic (exact) mass is 400 g/mol. The molecule has 2 atom stereocenters. The summed E-state index contributed by atoms with van der Waals surface area (Å²) >= 11 is 1.13. The standard InChI is InChI=1S/C20H24N4O3S/c1-13-18(28-23-22-13)19(26)24-11-16(14-6-5-7-15(10-14)27-2)20(12-24)9-4-3-8-17(25)21-20/h5-7,10,16H,3-4,8-9,11-12H2,1-2H3,(H,21,25)/t16-,20+/m0/s1. The summed E-state index contributed by atoms with van der Waals surface area (Å²) in [5.41, 5.74) is 1.27. The summed E-state index contributed by atoms with van der Waals surface area (Å²) in [6, 6.07) is 7.94. The molecule has 2 fully saturated rings. The largest absolute Gasteiger partial charge is 0.497 e. The van der Waals surface area contributed by atoms with Crippen LogP contribution < -0.4 is 10.1 Å². The number of hydrogen-bond acceptors (Lipinski definition) is 6. The molecular formula is C20H24N4O3S. The van der Waals surface area contributed by atoms with Crippen molar-refractivity contribution >= 4 is 23.3 Å². The third-order valence-electron chi connectivity index (χ3n) is 5.84. The third-order valence-corrected chi connectivity index (χ3v) is 6.65. The van der Waals surface area contributed by atoms with E-state index in [0.29, 0.717) is 30.1 Å².